The van der Waals surface area contributed by atoms with Crippen LogP contribution in [0.2, 0.25) is 0 Å². The van der Waals surface area contributed by atoms with Gasteiger partial charge in [-0.15, -0.1) is 0 Å². The predicted molar refractivity (Wildman–Crippen MR) is 77.9 cm³/mol. The fourth-order valence-corrected chi connectivity index (χ4v) is 2.95. The third-order valence-electron chi connectivity index (χ3n) is 3.33. The molecule has 0 radical (unpaired) electrons. The zero-order chi connectivity index (χ0) is 17.2. The van der Waals surface area contributed by atoms with Crippen LogP contribution >= 0.6 is 11.8 Å². The first kappa shape index (κ1) is 17.6. The van der Waals surface area contributed by atoms with E-state index in [4.69, 9.17) is 10.00 Å². The molecule has 8 heteroatoms. The van der Waals surface area contributed by atoms with E-state index in [1.54, 1.807) is 13.0 Å². The Bertz CT molecular complexity index is 651. The van der Waals surface area contributed by atoms with Crippen molar-refractivity contribution in [1.82, 2.24) is 4.98 Å². The molecule has 0 aliphatic heterocycles. The molecule has 1 fully saturated rings. The number of rotatable bonds is 5. The lowest BCUT2D eigenvalue weighted by molar-refractivity contribution is -0.142. The standard InChI is InChI=1S/C15H15F3N2O2S/c1-3-22-14(21)8(2)23-13-10(7-19)11(15(16,17)18)6-12(20-13)9-4-5-9/h6,8-9H,3-5H2,1-2H3/t8-/m0/s1. The maximum Gasteiger partial charge on any atom is 0.417 e. The van der Waals surface area contributed by atoms with Crippen LogP contribution in [0.25, 0.3) is 0 Å². The predicted octanol–water partition coefficient (Wildman–Crippen LogP) is 3.89. The number of esters is 1. The molecule has 0 amide bonds. The highest BCUT2D eigenvalue weighted by Gasteiger charge is 2.38. The fourth-order valence-electron chi connectivity index (χ4n) is 2.02. The molecule has 0 N–H and O–H groups in total. The number of nitriles is 1. The van der Waals surface area contributed by atoms with Crippen LogP contribution in [0.3, 0.4) is 0 Å². The summed E-state index contributed by atoms with van der Waals surface area (Å²) < 4.78 is 44.5. The van der Waals surface area contributed by atoms with Gasteiger partial charge in [0.05, 0.1) is 17.7 Å². The summed E-state index contributed by atoms with van der Waals surface area (Å²) in [7, 11) is 0. The van der Waals surface area contributed by atoms with Gasteiger partial charge in [0, 0.05) is 11.6 Å². The van der Waals surface area contributed by atoms with Crippen molar-refractivity contribution in [3.8, 4) is 6.07 Å². The van der Waals surface area contributed by atoms with E-state index in [9.17, 15) is 18.0 Å². The number of carbonyl (C=O) groups excluding carboxylic acids is 1. The Morgan fingerprint density at radius 2 is 2.22 bits per heavy atom. The summed E-state index contributed by atoms with van der Waals surface area (Å²) in [5.41, 5.74) is -1.20. The molecule has 4 nitrogen and oxygen atoms in total. The van der Waals surface area contributed by atoms with Crippen LogP contribution in [-0.4, -0.2) is 22.8 Å². The lowest BCUT2D eigenvalue weighted by Crippen LogP contribution is -2.18. The van der Waals surface area contributed by atoms with Crippen molar-refractivity contribution in [3.05, 3.63) is 22.9 Å². The summed E-state index contributed by atoms with van der Waals surface area (Å²) in [6.45, 7) is 3.34. The minimum absolute atomic E-state index is 0.00101. The molecule has 2 rings (SSSR count). The molecule has 0 unspecified atom stereocenters. The number of aromatic nitrogens is 1. The molecular weight excluding hydrogens is 329 g/mol. The number of carbonyl (C=O) groups is 1. The lowest BCUT2D eigenvalue weighted by Gasteiger charge is -2.16. The van der Waals surface area contributed by atoms with Crippen LogP contribution in [0.15, 0.2) is 11.1 Å². The summed E-state index contributed by atoms with van der Waals surface area (Å²) in [5, 5.41) is 8.33. The molecule has 1 aromatic heterocycles. The van der Waals surface area contributed by atoms with Crippen LogP contribution < -0.4 is 0 Å². The van der Waals surface area contributed by atoms with Gasteiger partial charge in [-0.05, 0) is 32.8 Å². The van der Waals surface area contributed by atoms with E-state index in [1.807, 2.05) is 0 Å². The second-order valence-electron chi connectivity index (χ2n) is 5.17. The van der Waals surface area contributed by atoms with E-state index >= 15 is 0 Å². The first-order valence-electron chi connectivity index (χ1n) is 7.13. The highest BCUT2D eigenvalue weighted by atomic mass is 32.2. The van der Waals surface area contributed by atoms with E-state index in [1.165, 1.54) is 6.92 Å². The number of hydrogen-bond acceptors (Lipinski definition) is 5. The Hall–Kier alpha value is -1.75. The Labute approximate surface area is 136 Å². The quantitative estimate of drug-likeness (QED) is 0.599. The van der Waals surface area contributed by atoms with E-state index in [-0.39, 0.29) is 17.6 Å². The number of alkyl halides is 3. The van der Waals surface area contributed by atoms with Crippen molar-refractivity contribution in [3.63, 3.8) is 0 Å². The Balaban J connectivity index is 2.42. The number of pyridine rings is 1. The smallest absolute Gasteiger partial charge is 0.417 e. The highest BCUT2D eigenvalue weighted by molar-refractivity contribution is 8.00. The molecule has 124 valence electrons. The third kappa shape index (κ3) is 4.16. The molecule has 1 saturated carbocycles. The molecule has 23 heavy (non-hydrogen) atoms. The topological polar surface area (TPSA) is 63.0 Å². The van der Waals surface area contributed by atoms with Crippen molar-refractivity contribution in [2.45, 2.75) is 49.1 Å². The van der Waals surface area contributed by atoms with Crippen molar-refractivity contribution < 1.29 is 22.7 Å². The largest absolute Gasteiger partial charge is 0.465 e. The van der Waals surface area contributed by atoms with E-state index in [0.717, 1.165) is 30.7 Å². The van der Waals surface area contributed by atoms with Gasteiger partial charge in [-0.1, -0.05) is 11.8 Å². The van der Waals surface area contributed by atoms with Gasteiger partial charge in [0.2, 0.25) is 0 Å². The monoisotopic (exact) mass is 344 g/mol. The summed E-state index contributed by atoms with van der Waals surface area (Å²) in [4.78, 5) is 15.9. The van der Waals surface area contributed by atoms with Crippen LogP contribution in [0, 0.1) is 11.3 Å². The van der Waals surface area contributed by atoms with Gasteiger partial charge >= 0.3 is 12.1 Å². The first-order chi connectivity index (χ1) is 10.8. The molecule has 0 aromatic carbocycles. The lowest BCUT2D eigenvalue weighted by atomic mass is 10.1. The van der Waals surface area contributed by atoms with Gasteiger partial charge in [-0.3, -0.25) is 4.79 Å². The summed E-state index contributed by atoms with van der Waals surface area (Å²) >= 11 is 0.824. The molecule has 1 aliphatic carbocycles. The first-order valence-corrected chi connectivity index (χ1v) is 8.01. The average Bonchev–Trinajstić information content (AvgIpc) is 3.30. The van der Waals surface area contributed by atoms with Crippen molar-refractivity contribution in [2.24, 2.45) is 0 Å². The Morgan fingerprint density at radius 3 is 2.70 bits per heavy atom. The molecule has 1 atom stereocenters. The second kappa shape index (κ2) is 6.79. The molecule has 0 spiro atoms. The number of ether oxygens (including phenoxy) is 1. The zero-order valence-corrected chi connectivity index (χ0v) is 13.4. The van der Waals surface area contributed by atoms with Crippen molar-refractivity contribution in [2.75, 3.05) is 6.61 Å². The van der Waals surface area contributed by atoms with Crippen LogP contribution in [0.4, 0.5) is 13.2 Å². The van der Waals surface area contributed by atoms with Crippen LogP contribution in [0.5, 0.6) is 0 Å². The van der Waals surface area contributed by atoms with Crippen LogP contribution in [-0.2, 0) is 15.7 Å². The molecule has 0 bridgehead atoms. The van der Waals surface area contributed by atoms with Gasteiger partial charge in [0.25, 0.3) is 0 Å². The van der Waals surface area contributed by atoms with E-state index in [2.05, 4.69) is 4.98 Å². The molecule has 0 saturated heterocycles. The van der Waals surface area contributed by atoms with Gasteiger partial charge in [0.1, 0.15) is 16.3 Å². The summed E-state index contributed by atoms with van der Waals surface area (Å²) in [5.74, 6) is -0.547. The van der Waals surface area contributed by atoms with Gasteiger partial charge < -0.3 is 4.74 Å². The Morgan fingerprint density at radius 1 is 1.57 bits per heavy atom. The van der Waals surface area contributed by atoms with Gasteiger partial charge in [-0.2, -0.15) is 18.4 Å². The summed E-state index contributed by atoms with van der Waals surface area (Å²) in [6, 6.07) is 2.53. The maximum absolute atomic E-state index is 13.2. The molecule has 1 heterocycles. The number of nitrogens with zero attached hydrogens (tertiary/aromatic N) is 2. The third-order valence-corrected chi connectivity index (χ3v) is 4.39. The number of halogens is 3. The fraction of sp³-hybridized carbons (Fsp3) is 0.533. The summed E-state index contributed by atoms with van der Waals surface area (Å²) in [6.07, 6.45) is -3.07. The van der Waals surface area contributed by atoms with Crippen molar-refractivity contribution >= 4 is 17.7 Å². The minimum atomic E-state index is -4.64. The second-order valence-corrected chi connectivity index (χ2v) is 6.50. The SMILES string of the molecule is CCOC(=O)[C@H](C)Sc1nc(C2CC2)cc(C(F)(F)F)c1C#N. The Kier molecular flexibility index (Phi) is 5.19. The van der Waals surface area contributed by atoms with E-state index in [0.29, 0.717) is 5.69 Å². The minimum Gasteiger partial charge on any atom is -0.465 e. The average molecular weight is 344 g/mol. The van der Waals surface area contributed by atoms with E-state index < -0.39 is 28.5 Å². The molecule has 1 aliphatic rings. The number of hydrogen-bond donors (Lipinski definition) is 0. The van der Waals surface area contributed by atoms with Gasteiger partial charge in [0.15, 0.2) is 0 Å². The molecule has 1 aromatic rings. The normalized spacial score (nSPS) is 15.8. The maximum atomic E-state index is 13.2. The van der Waals surface area contributed by atoms with Gasteiger partial charge in [-0.25, -0.2) is 4.98 Å². The van der Waals surface area contributed by atoms with Crippen molar-refractivity contribution in [1.29, 1.82) is 5.26 Å². The molecular formula is C15H15F3N2O2S. The zero-order valence-electron chi connectivity index (χ0n) is 12.6. The highest BCUT2D eigenvalue weighted by Crippen LogP contribution is 2.44. The number of thioether (sulfide) groups is 1. The van der Waals surface area contributed by atoms with Crippen LogP contribution in [0.1, 0.15) is 49.4 Å².